The highest BCUT2D eigenvalue weighted by atomic mass is 127. The van der Waals surface area contributed by atoms with Gasteiger partial charge in [0, 0.05) is 26.0 Å². The number of hydrogen-bond donors (Lipinski definition) is 2. The summed E-state index contributed by atoms with van der Waals surface area (Å²) in [5, 5.41) is 2.94. The summed E-state index contributed by atoms with van der Waals surface area (Å²) in [6.07, 6.45) is 3.52. The zero-order chi connectivity index (χ0) is 8.81. The van der Waals surface area contributed by atoms with Crippen LogP contribution in [0.25, 0.3) is 0 Å². The van der Waals surface area contributed by atoms with Crippen LogP contribution in [0.3, 0.4) is 0 Å². The first kappa shape index (κ1) is 12.2. The van der Waals surface area contributed by atoms with Crippen LogP contribution in [0, 0.1) is 0 Å². The average molecular weight is 292 g/mol. The summed E-state index contributed by atoms with van der Waals surface area (Å²) >= 11 is 0. The molecule has 1 rings (SSSR count). The number of hydrogen-bond acceptors (Lipinski definition) is 2. The third kappa shape index (κ3) is 4.66. The first-order valence-corrected chi connectivity index (χ1v) is 3.68. The second-order valence-corrected chi connectivity index (χ2v) is 2.32. The van der Waals surface area contributed by atoms with Crippen LogP contribution in [0.4, 0.5) is 0 Å². The third-order valence-corrected chi connectivity index (χ3v) is 1.44. The number of guanidine groups is 1. The van der Waals surface area contributed by atoms with E-state index in [4.69, 9.17) is 5.73 Å². The lowest BCUT2D eigenvalue weighted by molar-refractivity contribution is 0.893. The molecule has 0 fully saturated rings. The zero-order valence-electron chi connectivity index (χ0n) is 7.40. The van der Waals surface area contributed by atoms with Gasteiger partial charge in [-0.1, -0.05) is 6.07 Å². The molecule has 0 saturated heterocycles. The number of nitrogens with two attached hydrogens (primary N) is 1. The molecule has 1 aromatic heterocycles. The van der Waals surface area contributed by atoms with Gasteiger partial charge < -0.3 is 11.1 Å². The van der Waals surface area contributed by atoms with Gasteiger partial charge in [0.1, 0.15) is 0 Å². The Hall–Kier alpha value is -0.850. The minimum Gasteiger partial charge on any atom is -0.370 e. The molecule has 0 saturated carbocycles. The Morgan fingerprint density at radius 3 is 3.00 bits per heavy atom. The minimum absolute atomic E-state index is 0. The molecule has 13 heavy (non-hydrogen) atoms. The van der Waals surface area contributed by atoms with Crippen molar-refractivity contribution in [2.75, 3.05) is 7.05 Å². The Bertz CT molecular complexity index is 260. The zero-order valence-corrected chi connectivity index (χ0v) is 9.73. The number of halogens is 1. The quantitative estimate of drug-likeness (QED) is 0.480. The first-order valence-electron chi connectivity index (χ1n) is 3.68. The molecule has 0 bridgehead atoms. The van der Waals surface area contributed by atoms with Gasteiger partial charge in [0.05, 0.1) is 0 Å². The van der Waals surface area contributed by atoms with Crippen LogP contribution >= 0.6 is 24.0 Å². The number of pyridine rings is 1. The molecule has 5 heteroatoms. The van der Waals surface area contributed by atoms with Crippen LogP contribution in [0.1, 0.15) is 5.56 Å². The molecule has 0 radical (unpaired) electrons. The largest absolute Gasteiger partial charge is 0.370 e. The first-order chi connectivity index (χ1) is 5.83. The van der Waals surface area contributed by atoms with E-state index < -0.39 is 0 Å². The van der Waals surface area contributed by atoms with Gasteiger partial charge in [0.25, 0.3) is 0 Å². The van der Waals surface area contributed by atoms with E-state index in [1.807, 2.05) is 12.1 Å². The Balaban J connectivity index is 0.00000144. The monoisotopic (exact) mass is 292 g/mol. The van der Waals surface area contributed by atoms with Gasteiger partial charge in [0.15, 0.2) is 5.96 Å². The van der Waals surface area contributed by atoms with Crippen LogP contribution in [0.5, 0.6) is 0 Å². The summed E-state index contributed by atoms with van der Waals surface area (Å²) in [4.78, 5) is 7.73. The number of nitrogens with one attached hydrogen (secondary N) is 1. The van der Waals surface area contributed by atoms with Gasteiger partial charge in [-0.2, -0.15) is 0 Å². The molecule has 0 aliphatic heterocycles. The molecule has 3 N–H and O–H groups in total. The van der Waals surface area contributed by atoms with E-state index >= 15 is 0 Å². The molecule has 0 aromatic carbocycles. The van der Waals surface area contributed by atoms with Crippen LogP contribution < -0.4 is 11.1 Å². The molecular weight excluding hydrogens is 279 g/mol. The van der Waals surface area contributed by atoms with E-state index in [0.29, 0.717) is 12.5 Å². The molecule has 0 atom stereocenters. The highest BCUT2D eigenvalue weighted by Gasteiger charge is 1.91. The fourth-order valence-electron chi connectivity index (χ4n) is 0.774. The molecule has 0 aliphatic rings. The summed E-state index contributed by atoms with van der Waals surface area (Å²) in [5.41, 5.74) is 6.53. The van der Waals surface area contributed by atoms with Crippen molar-refractivity contribution in [1.82, 2.24) is 10.3 Å². The smallest absolute Gasteiger partial charge is 0.188 e. The standard InChI is InChI=1S/C8H12N4.HI/c1-10-8(9)12-6-7-3-2-4-11-5-7;/h2-5H,6H2,1H3,(H3,9,10,12);1H. The van der Waals surface area contributed by atoms with E-state index in [2.05, 4.69) is 15.3 Å². The topological polar surface area (TPSA) is 63.3 Å². The maximum absolute atomic E-state index is 5.44. The molecule has 72 valence electrons. The number of nitrogens with zero attached hydrogens (tertiary/aromatic N) is 2. The maximum Gasteiger partial charge on any atom is 0.188 e. The molecule has 0 aliphatic carbocycles. The van der Waals surface area contributed by atoms with Gasteiger partial charge in [-0.15, -0.1) is 24.0 Å². The SMILES string of the molecule is CN=C(N)NCc1cccnc1.I. The van der Waals surface area contributed by atoms with Crippen molar-refractivity contribution in [3.63, 3.8) is 0 Å². The molecule has 0 amide bonds. The predicted molar refractivity (Wildman–Crippen MR) is 64.0 cm³/mol. The van der Waals surface area contributed by atoms with E-state index in [-0.39, 0.29) is 24.0 Å². The second kappa shape index (κ2) is 6.64. The molecule has 0 unspecified atom stereocenters. The van der Waals surface area contributed by atoms with Crippen molar-refractivity contribution in [3.8, 4) is 0 Å². The fraction of sp³-hybridized carbons (Fsp3) is 0.250. The number of aromatic nitrogens is 1. The van der Waals surface area contributed by atoms with Crippen LogP contribution in [-0.4, -0.2) is 18.0 Å². The summed E-state index contributed by atoms with van der Waals surface area (Å²) in [6.45, 7) is 0.664. The average Bonchev–Trinajstić information content (AvgIpc) is 2.16. The molecule has 1 heterocycles. The van der Waals surface area contributed by atoms with Crippen LogP contribution in [0.2, 0.25) is 0 Å². The third-order valence-electron chi connectivity index (χ3n) is 1.44. The Labute approximate surface area is 94.7 Å². The number of aliphatic imine (C=N–C) groups is 1. The Kier molecular flexibility index (Phi) is 6.21. The molecule has 1 aromatic rings. The van der Waals surface area contributed by atoms with Crippen LogP contribution in [-0.2, 0) is 6.54 Å². The summed E-state index contributed by atoms with van der Waals surface area (Å²) in [7, 11) is 1.64. The highest BCUT2D eigenvalue weighted by molar-refractivity contribution is 14.0. The lowest BCUT2D eigenvalue weighted by atomic mass is 10.3. The van der Waals surface area contributed by atoms with Crippen LogP contribution in [0.15, 0.2) is 29.5 Å². The normalized spacial score (nSPS) is 10.4. The predicted octanol–water partition coefficient (Wildman–Crippen LogP) is 0.734. The maximum atomic E-state index is 5.44. The van der Waals surface area contributed by atoms with E-state index in [1.165, 1.54) is 0 Å². The van der Waals surface area contributed by atoms with E-state index in [0.717, 1.165) is 5.56 Å². The highest BCUT2D eigenvalue weighted by Crippen LogP contribution is 1.93. The molecular formula is C8H13IN4. The van der Waals surface area contributed by atoms with Gasteiger partial charge >= 0.3 is 0 Å². The number of rotatable bonds is 2. The van der Waals surface area contributed by atoms with Crippen molar-refractivity contribution in [3.05, 3.63) is 30.1 Å². The van der Waals surface area contributed by atoms with Gasteiger partial charge in [-0.25, -0.2) is 0 Å². The molecule has 0 spiro atoms. The summed E-state index contributed by atoms with van der Waals surface area (Å²) in [5.74, 6) is 0.443. The lowest BCUT2D eigenvalue weighted by Gasteiger charge is -2.03. The Morgan fingerprint density at radius 2 is 2.46 bits per heavy atom. The van der Waals surface area contributed by atoms with Gasteiger partial charge in [-0.05, 0) is 11.6 Å². The summed E-state index contributed by atoms with van der Waals surface area (Å²) in [6, 6.07) is 3.86. The van der Waals surface area contributed by atoms with Crippen molar-refractivity contribution in [2.45, 2.75) is 6.54 Å². The molecule has 4 nitrogen and oxygen atoms in total. The Morgan fingerprint density at radius 1 is 1.69 bits per heavy atom. The lowest BCUT2D eigenvalue weighted by Crippen LogP contribution is -2.30. The van der Waals surface area contributed by atoms with Crippen molar-refractivity contribution < 1.29 is 0 Å². The summed E-state index contributed by atoms with van der Waals surface area (Å²) < 4.78 is 0. The van der Waals surface area contributed by atoms with Crippen molar-refractivity contribution in [1.29, 1.82) is 0 Å². The van der Waals surface area contributed by atoms with Gasteiger partial charge in [-0.3, -0.25) is 9.98 Å². The van der Waals surface area contributed by atoms with E-state index in [9.17, 15) is 0 Å². The van der Waals surface area contributed by atoms with Crippen molar-refractivity contribution in [2.24, 2.45) is 10.7 Å². The van der Waals surface area contributed by atoms with Gasteiger partial charge in [0.2, 0.25) is 0 Å². The second-order valence-electron chi connectivity index (χ2n) is 2.32. The minimum atomic E-state index is 0. The van der Waals surface area contributed by atoms with E-state index in [1.54, 1.807) is 19.4 Å². The fourth-order valence-corrected chi connectivity index (χ4v) is 0.774. The van der Waals surface area contributed by atoms with Crippen molar-refractivity contribution >= 4 is 29.9 Å².